The minimum atomic E-state index is -0.359. The van der Waals surface area contributed by atoms with Crippen LogP contribution in [-0.2, 0) is 16.1 Å². The number of ether oxygens (including phenoxy) is 2. The Kier molecular flexibility index (Phi) is 6.69. The molecule has 1 heterocycles. The molecule has 0 aromatic heterocycles. The molecule has 2 aromatic rings. The summed E-state index contributed by atoms with van der Waals surface area (Å²) in [5, 5.41) is 0. The Balaban J connectivity index is 1.72. The maximum absolute atomic E-state index is 13.0. The predicted octanol–water partition coefficient (Wildman–Crippen LogP) is 3.44. The van der Waals surface area contributed by atoms with Crippen molar-refractivity contribution in [1.82, 2.24) is 4.90 Å². The van der Waals surface area contributed by atoms with E-state index in [0.717, 1.165) is 16.1 Å². The van der Waals surface area contributed by atoms with Crippen LogP contribution < -0.4 is 14.4 Å². The number of anilines is 1. The molecule has 2 amide bonds. The Hall–Kier alpha value is -2.67. The Morgan fingerprint density at radius 2 is 1.97 bits per heavy atom. The van der Waals surface area contributed by atoms with Gasteiger partial charge in [0, 0.05) is 42.7 Å². The smallest absolute Gasteiger partial charge is 0.228 e. The topological polar surface area (TPSA) is 59.1 Å². The van der Waals surface area contributed by atoms with E-state index in [1.54, 1.807) is 42.8 Å². The highest BCUT2D eigenvalue weighted by atomic mass is 32.2. The minimum Gasteiger partial charge on any atom is -0.493 e. The van der Waals surface area contributed by atoms with E-state index >= 15 is 0 Å². The third-order valence-corrected chi connectivity index (χ3v) is 5.83. The quantitative estimate of drug-likeness (QED) is 0.650. The lowest BCUT2D eigenvalue weighted by Gasteiger charge is -2.23. The zero-order valence-electron chi connectivity index (χ0n) is 17.2. The van der Waals surface area contributed by atoms with Crippen molar-refractivity contribution in [2.24, 2.45) is 5.92 Å². The summed E-state index contributed by atoms with van der Waals surface area (Å²) in [5.74, 6) is 0.817. The average Bonchev–Trinajstić information content (AvgIpc) is 3.14. The molecule has 0 N–H and O–H groups in total. The minimum absolute atomic E-state index is 0.0195. The van der Waals surface area contributed by atoms with Crippen molar-refractivity contribution in [3.63, 3.8) is 0 Å². The fourth-order valence-corrected chi connectivity index (χ4v) is 4.08. The van der Waals surface area contributed by atoms with Gasteiger partial charge in [-0.15, -0.1) is 11.8 Å². The Morgan fingerprint density at radius 3 is 2.66 bits per heavy atom. The van der Waals surface area contributed by atoms with Gasteiger partial charge in [0.15, 0.2) is 11.5 Å². The molecule has 1 aliphatic rings. The van der Waals surface area contributed by atoms with Gasteiger partial charge in [0.25, 0.3) is 0 Å². The van der Waals surface area contributed by atoms with Crippen LogP contribution in [0.15, 0.2) is 47.4 Å². The van der Waals surface area contributed by atoms with E-state index < -0.39 is 0 Å². The van der Waals surface area contributed by atoms with Crippen LogP contribution in [0.25, 0.3) is 0 Å². The summed E-state index contributed by atoms with van der Waals surface area (Å²) >= 11 is 1.63. The zero-order valence-corrected chi connectivity index (χ0v) is 18.0. The lowest BCUT2D eigenvalue weighted by molar-refractivity contribution is -0.135. The molecule has 0 saturated carbocycles. The summed E-state index contributed by atoms with van der Waals surface area (Å²) in [6.45, 7) is 0.779. The molecule has 29 heavy (non-hydrogen) atoms. The number of methoxy groups -OCH3 is 2. The average molecular weight is 415 g/mol. The molecule has 0 bridgehead atoms. The summed E-state index contributed by atoms with van der Waals surface area (Å²) in [4.78, 5) is 30.0. The van der Waals surface area contributed by atoms with E-state index in [0.29, 0.717) is 24.6 Å². The van der Waals surface area contributed by atoms with E-state index in [-0.39, 0.29) is 24.2 Å². The second kappa shape index (κ2) is 9.22. The summed E-state index contributed by atoms with van der Waals surface area (Å²) < 4.78 is 10.8. The van der Waals surface area contributed by atoms with Gasteiger partial charge in [0.05, 0.1) is 20.1 Å². The van der Waals surface area contributed by atoms with Crippen molar-refractivity contribution in [2.45, 2.75) is 17.9 Å². The van der Waals surface area contributed by atoms with Crippen LogP contribution in [0.1, 0.15) is 12.0 Å². The third kappa shape index (κ3) is 4.50. The first-order chi connectivity index (χ1) is 14.0. The molecular weight excluding hydrogens is 388 g/mol. The maximum Gasteiger partial charge on any atom is 0.228 e. The normalized spacial score (nSPS) is 16.1. The first kappa shape index (κ1) is 21.0. The van der Waals surface area contributed by atoms with Gasteiger partial charge >= 0.3 is 0 Å². The number of nitrogens with zero attached hydrogens (tertiary/aromatic N) is 2. The van der Waals surface area contributed by atoms with E-state index in [9.17, 15) is 9.59 Å². The predicted molar refractivity (Wildman–Crippen MR) is 115 cm³/mol. The highest BCUT2D eigenvalue weighted by Crippen LogP contribution is 2.32. The lowest BCUT2D eigenvalue weighted by Crippen LogP contribution is -2.34. The summed E-state index contributed by atoms with van der Waals surface area (Å²) in [7, 11) is 4.92. The Bertz CT molecular complexity index is 902. The van der Waals surface area contributed by atoms with Crippen LogP contribution in [0.2, 0.25) is 0 Å². The van der Waals surface area contributed by atoms with Gasteiger partial charge in [0.2, 0.25) is 11.8 Å². The standard InChI is InChI=1S/C22H26N2O4S/c1-23(13-15-7-5-10-19(27-2)21(15)28-3)22(26)16-11-20(25)24(14-16)17-8-6-9-18(12-17)29-4/h5-10,12,16H,11,13-14H2,1-4H3. The number of carbonyl (C=O) groups excluding carboxylic acids is 2. The summed E-state index contributed by atoms with van der Waals surface area (Å²) in [6.07, 6.45) is 2.22. The van der Waals surface area contributed by atoms with Crippen molar-refractivity contribution in [3.05, 3.63) is 48.0 Å². The lowest BCUT2D eigenvalue weighted by atomic mass is 10.1. The molecule has 1 saturated heterocycles. The van der Waals surface area contributed by atoms with Gasteiger partial charge in [-0.05, 0) is 30.5 Å². The van der Waals surface area contributed by atoms with Crippen LogP contribution in [0.4, 0.5) is 5.69 Å². The van der Waals surface area contributed by atoms with Crippen molar-refractivity contribution in [2.75, 3.05) is 39.0 Å². The number of benzene rings is 2. The second-order valence-corrected chi connectivity index (χ2v) is 7.83. The molecule has 7 heteroatoms. The van der Waals surface area contributed by atoms with Crippen molar-refractivity contribution in [1.29, 1.82) is 0 Å². The molecule has 1 fully saturated rings. The second-order valence-electron chi connectivity index (χ2n) is 6.95. The van der Waals surface area contributed by atoms with Crippen LogP contribution in [0.3, 0.4) is 0 Å². The van der Waals surface area contributed by atoms with E-state index in [4.69, 9.17) is 9.47 Å². The zero-order chi connectivity index (χ0) is 21.0. The van der Waals surface area contributed by atoms with Crippen LogP contribution in [0.5, 0.6) is 11.5 Å². The number of hydrogen-bond acceptors (Lipinski definition) is 5. The molecular formula is C22H26N2O4S. The van der Waals surface area contributed by atoms with Crippen molar-refractivity contribution >= 4 is 29.3 Å². The Morgan fingerprint density at radius 1 is 1.21 bits per heavy atom. The van der Waals surface area contributed by atoms with E-state index in [1.807, 2.05) is 48.7 Å². The number of rotatable bonds is 7. The van der Waals surface area contributed by atoms with Gasteiger partial charge in [0.1, 0.15) is 0 Å². The largest absolute Gasteiger partial charge is 0.493 e. The molecule has 0 radical (unpaired) electrons. The number of hydrogen-bond donors (Lipinski definition) is 0. The molecule has 1 unspecified atom stereocenters. The number of carbonyl (C=O) groups is 2. The van der Waals surface area contributed by atoms with Crippen molar-refractivity contribution in [3.8, 4) is 11.5 Å². The molecule has 2 aromatic carbocycles. The maximum atomic E-state index is 13.0. The van der Waals surface area contributed by atoms with Crippen LogP contribution in [-0.4, -0.2) is 50.8 Å². The van der Waals surface area contributed by atoms with Gasteiger partial charge in [-0.3, -0.25) is 9.59 Å². The molecule has 0 spiro atoms. The van der Waals surface area contributed by atoms with Gasteiger partial charge in [-0.2, -0.15) is 0 Å². The molecule has 6 nitrogen and oxygen atoms in total. The fourth-order valence-electron chi connectivity index (χ4n) is 3.62. The molecule has 1 atom stereocenters. The number of amides is 2. The summed E-state index contributed by atoms with van der Waals surface area (Å²) in [6, 6.07) is 13.4. The van der Waals surface area contributed by atoms with Crippen molar-refractivity contribution < 1.29 is 19.1 Å². The Labute approximate surface area is 175 Å². The molecule has 3 rings (SSSR count). The van der Waals surface area contributed by atoms with Crippen LogP contribution >= 0.6 is 11.8 Å². The molecule has 1 aliphatic heterocycles. The van der Waals surface area contributed by atoms with E-state index in [1.165, 1.54) is 0 Å². The highest BCUT2D eigenvalue weighted by Gasteiger charge is 2.36. The highest BCUT2D eigenvalue weighted by molar-refractivity contribution is 7.98. The fraction of sp³-hybridized carbons (Fsp3) is 0.364. The van der Waals surface area contributed by atoms with Gasteiger partial charge < -0.3 is 19.3 Å². The number of thioether (sulfide) groups is 1. The SMILES string of the molecule is COc1cccc(CN(C)C(=O)C2CC(=O)N(c3cccc(SC)c3)C2)c1OC. The third-order valence-electron chi connectivity index (χ3n) is 5.11. The first-order valence-corrected chi connectivity index (χ1v) is 10.6. The van der Waals surface area contributed by atoms with Gasteiger partial charge in [-0.1, -0.05) is 18.2 Å². The van der Waals surface area contributed by atoms with E-state index in [2.05, 4.69) is 0 Å². The first-order valence-electron chi connectivity index (χ1n) is 9.37. The van der Waals surface area contributed by atoms with Crippen LogP contribution in [0, 0.1) is 5.92 Å². The summed E-state index contributed by atoms with van der Waals surface area (Å²) in [5.41, 5.74) is 1.70. The van der Waals surface area contributed by atoms with Gasteiger partial charge in [-0.25, -0.2) is 0 Å². The number of para-hydroxylation sites is 1. The molecule has 154 valence electrons. The molecule has 0 aliphatic carbocycles. The monoisotopic (exact) mass is 414 g/mol.